The third kappa shape index (κ3) is 3.30. The third-order valence-corrected chi connectivity index (χ3v) is 5.68. The van der Waals surface area contributed by atoms with Gasteiger partial charge in [0.15, 0.2) is 0 Å². The number of hydrogen-bond acceptors (Lipinski definition) is 4. The zero-order valence-corrected chi connectivity index (χ0v) is 17.2. The van der Waals surface area contributed by atoms with Crippen molar-refractivity contribution in [2.24, 2.45) is 14.1 Å². The van der Waals surface area contributed by atoms with E-state index in [2.05, 4.69) is 15.6 Å². The van der Waals surface area contributed by atoms with Crippen LogP contribution in [0.1, 0.15) is 23.5 Å². The summed E-state index contributed by atoms with van der Waals surface area (Å²) in [5.41, 5.74) is 1.01. The fourth-order valence-corrected chi connectivity index (χ4v) is 3.99. The van der Waals surface area contributed by atoms with E-state index >= 15 is 0 Å². The third-order valence-electron chi connectivity index (χ3n) is 5.44. The lowest BCUT2D eigenvalue weighted by molar-refractivity contribution is -0.125. The normalized spacial score (nSPS) is 15.3. The second-order valence-electron chi connectivity index (χ2n) is 7.32. The summed E-state index contributed by atoms with van der Waals surface area (Å²) in [7, 11) is 2.81. The number of carbonyl (C=O) groups is 2. The molecule has 0 saturated carbocycles. The molecule has 0 radical (unpaired) electrons. The second-order valence-corrected chi connectivity index (χ2v) is 7.75. The SMILES string of the molecule is Cn1c2c(c(=O)n(C)c1=O)C(CC(=O)NCCc1c[nH]c3ccc(Cl)cc13)C(=O)N2. The molecular weight excluding hydrogens is 410 g/mol. The van der Waals surface area contributed by atoms with Crippen LogP contribution in [0.15, 0.2) is 34.0 Å². The number of aromatic amines is 1. The fourth-order valence-electron chi connectivity index (χ4n) is 3.82. The highest BCUT2D eigenvalue weighted by atomic mass is 35.5. The number of rotatable bonds is 5. The average molecular weight is 430 g/mol. The minimum absolute atomic E-state index is 0.144. The highest BCUT2D eigenvalue weighted by Crippen LogP contribution is 2.30. The van der Waals surface area contributed by atoms with Crippen molar-refractivity contribution in [2.45, 2.75) is 18.8 Å². The molecule has 10 heteroatoms. The van der Waals surface area contributed by atoms with Crippen LogP contribution in [0.5, 0.6) is 0 Å². The zero-order valence-electron chi connectivity index (χ0n) is 16.4. The van der Waals surface area contributed by atoms with Gasteiger partial charge in [-0.1, -0.05) is 11.6 Å². The number of fused-ring (bicyclic) bond motifs is 2. The smallest absolute Gasteiger partial charge is 0.332 e. The van der Waals surface area contributed by atoms with Crippen molar-refractivity contribution in [1.82, 2.24) is 19.4 Å². The Morgan fingerprint density at radius 1 is 1.20 bits per heavy atom. The topological polar surface area (TPSA) is 118 Å². The summed E-state index contributed by atoms with van der Waals surface area (Å²) >= 11 is 6.06. The van der Waals surface area contributed by atoms with Crippen molar-refractivity contribution in [1.29, 1.82) is 0 Å². The number of halogens is 1. The summed E-state index contributed by atoms with van der Waals surface area (Å²) in [5, 5.41) is 6.97. The van der Waals surface area contributed by atoms with Gasteiger partial charge in [-0.05, 0) is 30.2 Å². The Morgan fingerprint density at radius 2 is 1.97 bits per heavy atom. The van der Waals surface area contributed by atoms with Crippen molar-refractivity contribution >= 4 is 40.1 Å². The van der Waals surface area contributed by atoms with Gasteiger partial charge >= 0.3 is 5.69 Å². The first-order valence-electron chi connectivity index (χ1n) is 9.41. The van der Waals surface area contributed by atoms with Gasteiger partial charge in [-0.3, -0.25) is 23.5 Å². The number of carbonyl (C=O) groups excluding carboxylic acids is 2. The fraction of sp³-hybridized carbons (Fsp3) is 0.300. The maximum atomic E-state index is 12.5. The zero-order chi connectivity index (χ0) is 21.6. The molecular formula is C20H20ClN5O4. The summed E-state index contributed by atoms with van der Waals surface area (Å²) < 4.78 is 2.14. The van der Waals surface area contributed by atoms with E-state index in [0.29, 0.717) is 18.0 Å². The first kappa shape index (κ1) is 20.0. The number of aromatic nitrogens is 3. The van der Waals surface area contributed by atoms with Gasteiger partial charge in [-0.2, -0.15) is 0 Å². The number of H-pyrrole nitrogens is 1. The lowest BCUT2D eigenvalue weighted by Gasteiger charge is -2.11. The van der Waals surface area contributed by atoms with Crippen LogP contribution in [0, 0.1) is 0 Å². The molecule has 0 bridgehead atoms. The molecule has 0 aliphatic carbocycles. The Morgan fingerprint density at radius 3 is 2.73 bits per heavy atom. The summed E-state index contributed by atoms with van der Waals surface area (Å²) in [5.74, 6) is -1.60. The van der Waals surface area contributed by atoms with E-state index in [9.17, 15) is 19.2 Å². The van der Waals surface area contributed by atoms with Crippen LogP contribution < -0.4 is 21.9 Å². The first-order chi connectivity index (χ1) is 14.3. The van der Waals surface area contributed by atoms with Crippen molar-refractivity contribution in [2.75, 3.05) is 11.9 Å². The van der Waals surface area contributed by atoms with E-state index in [0.717, 1.165) is 21.0 Å². The minimum Gasteiger partial charge on any atom is -0.361 e. The average Bonchev–Trinajstić information content (AvgIpc) is 3.26. The molecule has 0 saturated heterocycles. The van der Waals surface area contributed by atoms with Crippen LogP contribution in [0.25, 0.3) is 10.9 Å². The van der Waals surface area contributed by atoms with Crippen LogP contribution in [0.3, 0.4) is 0 Å². The molecule has 1 aromatic carbocycles. The summed E-state index contributed by atoms with van der Waals surface area (Å²) in [6.07, 6.45) is 2.28. The summed E-state index contributed by atoms with van der Waals surface area (Å²) in [6.45, 7) is 0.366. The van der Waals surface area contributed by atoms with E-state index in [1.165, 1.54) is 18.7 Å². The molecule has 1 unspecified atom stereocenters. The lowest BCUT2D eigenvalue weighted by Crippen LogP contribution is -2.39. The van der Waals surface area contributed by atoms with Crippen LogP contribution in [-0.4, -0.2) is 32.5 Å². The van der Waals surface area contributed by atoms with E-state index in [-0.39, 0.29) is 23.7 Å². The number of benzene rings is 1. The molecule has 2 aromatic heterocycles. The molecule has 9 nitrogen and oxygen atoms in total. The highest BCUT2D eigenvalue weighted by molar-refractivity contribution is 6.31. The summed E-state index contributed by atoms with van der Waals surface area (Å²) in [6, 6.07) is 5.56. The van der Waals surface area contributed by atoms with Gasteiger partial charge in [-0.25, -0.2) is 4.79 Å². The van der Waals surface area contributed by atoms with Crippen molar-refractivity contribution in [3.8, 4) is 0 Å². The van der Waals surface area contributed by atoms with Crippen LogP contribution in [0.2, 0.25) is 5.02 Å². The van der Waals surface area contributed by atoms with E-state index < -0.39 is 23.1 Å². The summed E-state index contributed by atoms with van der Waals surface area (Å²) in [4.78, 5) is 52.5. The van der Waals surface area contributed by atoms with E-state index in [1.54, 1.807) is 6.07 Å². The molecule has 156 valence electrons. The van der Waals surface area contributed by atoms with Crippen molar-refractivity contribution in [3.05, 3.63) is 61.4 Å². The minimum atomic E-state index is -0.933. The lowest BCUT2D eigenvalue weighted by atomic mass is 9.99. The maximum absolute atomic E-state index is 12.5. The first-order valence-corrected chi connectivity index (χ1v) is 9.78. The Bertz CT molecular complexity index is 1300. The predicted octanol–water partition coefficient (Wildman–Crippen LogP) is 1.00. The molecule has 1 aliphatic rings. The van der Waals surface area contributed by atoms with Crippen molar-refractivity contribution in [3.63, 3.8) is 0 Å². The van der Waals surface area contributed by atoms with Crippen LogP contribution in [-0.2, 0) is 30.1 Å². The van der Waals surface area contributed by atoms with Gasteiger partial charge in [0.25, 0.3) is 5.56 Å². The predicted molar refractivity (Wildman–Crippen MR) is 113 cm³/mol. The Hall–Kier alpha value is -3.33. The van der Waals surface area contributed by atoms with Crippen LogP contribution >= 0.6 is 11.6 Å². The van der Waals surface area contributed by atoms with Gasteiger partial charge in [0.1, 0.15) is 5.82 Å². The molecule has 1 atom stereocenters. The van der Waals surface area contributed by atoms with Gasteiger partial charge in [0.2, 0.25) is 11.8 Å². The van der Waals surface area contributed by atoms with E-state index in [1.807, 2.05) is 18.3 Å². The highest BCUT2D eigenvalue weighted by Gasteiger charge is 2.37. The molecule has 1 aliphatic heterocycles. The molecule has 4 rings (SSSR count). The molecule has 3 aromatic rings. The van der Waals surface area contributed by atoms with Crippen molar-refractivity contribution < 1.29 is 9.59 Å². The van der Waals surface area contributed by atoms with Gasteiger partial charge in [0, 0.05) is 49.2 Å². The Labute approximate surface area is 175 Å². The number of hydrogen-bond donors (Lipinski definition) is 3. The molecule has 30 heavy (non-hydrogen) atoms. The van der Waals surface area contributed by atoms with Crippen LogP contribution in [0.4, 0.5) is 5.82 Å². The molecule has 3 heterocycles. The largest absolute Gasteiger partial charge is 0.361 e. The second kappa shape index (κ2) is 7.49. The molecule has 0 spiro atoms. The number of nitrogens with one attached hydrogen (secondary N) is 3. The Balaban J connectivity index is 1.45. The number of amides is 2. The molecule has 3 N–H and O–H groups in total. The quantitative estimate of drug-likeness (QED) is 0.560. The monoisotopic (exact) mass is 429 g/mol. The van der Waals surface area contributed by atoms with Gasteiger partial charge < -0.3 is 15.6 Å². The maximum Gasteiger partial charge on any atom is 0.332 e. The molecule has 2 amide bonds. The Kier molecular flexibility index (Phi) is 4.98. The molecule has 0 fully saturated rings. The van der Waals surface area contributed by atoms with E-state index in [4.69, 9.17) is 11.6 Å². The standard InChI is InChI=1S/C20H20ClN5O4/c1-25-17-16(19(29)26(2)20(25)30)13(18(28)24-17)8-15(27)22-6-5-10-9-23-14-4-3-11(21)7-12(10)14/h3-4,7,9,13,23H,5-6,8H2,1-2H3,(H,22,27)(H,24,28). The number of anilines is 1. The number of nitrogens with zero attached hydrogens (tertiary/aromatic N) is 2. The van der Waals surface area contributed by atoms with Gasteiger partial charge in [-0.15, -0.1) is 0 Å². The van der Waals surface area contributed by atoms with Gasteiger partial charge in [0.05, 0.1) is 11.5 Å².